The Morgan fingerprint density at radius 2 is 1.85 bits per heavy atom. The first-order valence-electron chi connectivity index (χ1n) is 4.03. The molecule has 1 atom stereocenters. The van der Waals surface area contributed by atoms with Gasteiger partial charge in [-0.2, -0.15) is 0 Å². The van der Waals surface area contributed by atoms with Crippen LogP contribution in [0.25, 0.3) is 0 Å². The van der Waals surface area contributed by atoms with E-state index in [1.165, 1.54) is 0 Å². The van der Waals surface area contributed by atoms with E-state index in [0.29, 0.717) is 0 Å². The summed E-state index contributed by atoms with van der Waals surface area (Å²) >= 11 is 0. The molecule has 1 aromatic rings. The van der Waals surface area contributed by atoms with Gasteiger partial charge in [0.05, 0.1) is 16.8 Å². The Kier molecular flexibility index (Phi) is 3.20. The van der Waals surface area contributed by atoms with Gasteiger partial charge in [0.2, 0.25) is 0 Å². The highest BCUT2D eigenvalue weighted by atomic mass is 35.5. The first-order valence-corrected chi connectivity index (χ1v) is 4.03. The summed E-state index contributed by atoms with van der Waals surface area (Å²) < 4.78 is 0. The van der Waals surface area contributed by atoms with Crippen molar-refractivity contribution in [3.8, 4) is 0 Å². The molecular weight excluding hydrogens is 184 g/mol. The normalized spacial score (nSPS) is 18.7. The molecule has 0 aromatic heterocycles. The van der Waals surface area contributed by atoms with Crippen molar-refractivity contribution in [1.29, 1.82) is 0 Å². The number of hydrogen-bond acceptors (Lipinski definition) is 2. The summed E-state index contributed by atoms with van der Waals surface area (Å²) in [6, 6.07) is 8.15. The van der Waals surface area contributed by atoms with Crippen LogP contribution >= 0.6 is 12.4 Å². The van der Waals surface area contributed by atoms with Crippen LogP contribution < -0.4 is 10.7 Å². The summed E-state index contributed by atoms with van der Waals surface area (Å²) in [5.74, 6) is 0. The molecule has 1 heterocycles. The standard InChI is InChI=1S/C10H10N2.ClH/c1-8-6-7-11-9-4-2-3-5-10(9)12-8;/h2-8H,1H3;1H. The van der Waals surface area contributed by atoms with Crippen molar-refractivity contribution in [2.75, 3.05) is 0 Å². The number of halogens is 1. The van der Waals surface area contributed by atoms with Gasteiger partial charge < -0.3 is 0 Å². The molecule has 0 bridgehead atoms. The fourth-order valence-corrected chi connectivity index (χ4v) is 1.19. The zero-order chi connectivity index (χ0) is 8.39. The molecule has 0 saturated carbocycles. The van der Waals surface area contributed by atoms with Crippen LogP contribution in [0.15, 0.2) is 46.5 Å². The Morgan fingerprint density at radius 1 is 1.15 bits per heavy atom. The van der Waals surface area contributed by atoms with Gasteiger partial charge in [-0.05, 0) is 25.1 Å². The van der Waals surface area contributed by atoms with Crippen LogP contribution in [-0.2, 0) is 0 Å². The third-order valence-electron chi connectivity index (χ3n) is 1.80. The van der Waals surface area contributed by atoms with Gasteiger partial charge in [-0.3, -0.25) is 9.98 Å². The largest absolute Gasteiger partial charge is 0.276 e. The van der Waals surface area contributed by atoms with Gasteiger partial charge in [0.15, 0.2) is 0 Å². The maximum atomic E-state index is 4.46. The molecule has 1 unspecified atom stereocenters. The average Bonchev–Trinajstić information content (AvgIpc) is 2.25. The topological polar surface area (TPSA) is 24.7 Å². The van der Waals surface area contributed by atoms with Crippen LogP contribution in [0.3, 0.4) is 0 Å². The molecule has 0 aliphatic carbocycles. The molecule has 2 rings (SSSR count). The third kappa shape index (κ3) is 2.16. The van der Waals surface area contributed by atoms with Crippen molar-refractivity contribution >= 4 is 12.4 Å². The number of para-hydroxylation sites is 2. The van der Waals surface area contributed by atoms with E-state index in [1.54, 1.807) is 0 Å². The lowest BCUT2D eigenvalue weighted by atomic mass is 10.3. The minimum atomic E-state index is 0. The lowest BCUT2D eigenvalue weighted by Crippen LogP contribution is -2.24. The van der Waals surface area contributed by atoms with E-state index in [2.05, 4.69) is 9.98 Å². The Labute approximate surface area is 83.1 Å². The predicted molar refractivity (Wildman–Crippen MR) is 54.6 cm³/mol. The highest BCUT2D eigenvalue weighted by Gasteiger charge is 1.95. The van der Waals surface area contributed by atoms with Crippen LogP contribution in [0.4, 0.5) is 0 Å². The Morgan fingerprint density at radius 3 is 2.62 bits per heavy atom. The van der Waals surface area contributed by atoms with Crippen molar-refractivity contribution in [1.82, 2.24) is 0 Å². The van der Waals surface area contributed by atoms with Crippen molar-refractivity contribution in [2.45, 2.75) is 13.0 Å². The van der Waals surface area contributed by atoms with Gasteiger partial charge in [-0.1, -0.05) is 12.1 Å². The smallest absolute Gasteiger partial charge is 0.0881 e. The zero-order valence-electron chi connectivity index (χ0n) is 7.34. The van der Waals surface area contributed by atoms with Gasteiger partial charge in [0, 0.05) is 6.20 Å². The Hall–Kier alpha value is -1.15. The van der Waals surface area contributed by atoms with Gasteiger partial charge in [-0.25, -0.2) is 0 Å². The molecule has 0 saturated heterocycles. The quantitative estimate of drug-likeness (QED) is 0.594. The van der Waals surface area contributed by atoms with Crippen LogP contribution in [0.1, 0.15) is 6.92 Å². The molecule has 0 radical (unpaired) electrons. The van der Waals surface area contributed by atoms with E-state index in [0.717, 1.165) is 10.7 Å². The monoisotopic (exact) mass is 194 g/mol. The number of benzene rings is 1. The molecule has 0 N–H and O–H groups in total. The second kappa shape index (κ2) is 4.19. The van der Waals surface area contributed by atoms with Crippen molar-refractivity contribution in [2.24, 2.45) is 9.98 Å². The van der Waals surface area contributed by atoms with E-state index in [1.807, 2.05) is 43.5 Å². The van der Waals surface area contributed by atoms with E-state index in [4.69, 9.17) is 0 Å². The molecule has 2 nitrogen and oxygen atoms in total. The van der Waals surface area contributed by atoms with E-state index >= 15 is 0 Å². The van der Waals surface area contributed by atoms with Gasteiger partial charge in [0.25, 0.3) is 0 Å². The predicted octanol–water partition coefficient (Wildman–Crippen LogP) is 1.26. The van der Waals surface area contributed by atoms with Crippen LogP contribution in [0.2, 0.25) is 0 Å². The molecular formula is C10H11ClN2. The van der Waals surface area contributed by atoms with E-state index in [-0.39, 0.29) is 18.4 Å². The van der Waals surface area contributed by atoms with Crippen molar-refractivity contribution < 1.29 is 0 Å². The molecule has 0 amide bonds. The summed E-state index contributed by atoms with van der Waals surface area (Å²) in [5.41, 5.74) is 0. The summed E-state index contributed by atoms with van der Waals surface area (Å²) in [6.45, 7) is 2.05. The maximum Gasteiger partial charge on any atom is 0.0881 e. The summed E-state index contributed by atoms with van der Waals surface area (Å²) in [4.78, 5) is 8.72. The number of rotatable bonds is 0. The first-order chi connectivity index (χ1) is 5.86. The fourth-order valence-electron chi connectivity index (χ4n) is 1.19. The fraction of sp³-hybridized carbons (Fsp3) is 0.200. The van der Waals surface area contributed by atoms with Gasteiger partial charge in [-0.15, -0.1) is 12.4 Å². The second-order valence-corrected chi connectivity index (χ2v) is 2.83. The number of fused-ring (bicyclic) bond motifs is 1. The van der Waals surface area contributed by atoms with Crippen molar-refractivity contribution in [3.05, 3.63) is 47.3 Å². The first kappa shape index (κ1) is 9.93. The van der Waals surface area contributed by atoms with E-state index in [9.17, 15) is 0 Å². The molecule has 0 fully saturated rings. The Bertz CT molecular complexity index is 423. The second-order valence-electron chi connectivity index (χ2n) is 2.83. The summed E-state index contributed by atoms with van der Waals surface area (Å²) in [6.07, 6.45) is 3.81. The van der Waals surface area contributed by atoms with Gasteiger partial charge in [0.1, 0.15) is 0 Å². The molecule has 13 heavy (non-hydrogen) atoms. The lowest BCUT2D eigenvalue weighted by molar-refractivity contribution is 0.887. The summed E-state index contributed by atoms with van der Waals surface area (Å²) in [7, 11) is 0. The maximum absolute atomic E-state index is 4.46. The van der Waals surface area contributed by atoms with Gasteiger partial charge >= 0.3 is 0 Å². The molecule has 1 aliphatic heterocycles. The third-order valence-corrected chi connectivity index (χ3v) is 1.80. The summed E-state index contributed by atoms with van der Waals surface area (Å²) in [5, 5.41) is 1.94. The minimum Gasteiger partial charge on any atom is -0.276 e. The zero-order valence-corrected chi connectivity index (χ0v) is 8.16. The number of hydrogen-bond donors (Lipinski definition) is 0. The molecule has 0 spiro atoms. The molecule has 1 aromatic carbocycles. The van der Waals surface area contributed by atoms with E-state index < -0.39 is 0 Å². The molecule has 1 aliphatic rings. The highest BCUT2D eigenvalue weighted by molar-refractivity contribution is 5.85. The Balaban J connectivity index is 0.000000845. The van der Waals surface area contributed by atoms with Crippen molar-refractivity contribution in [3.63, 3.8) is 0 Å². The lowest BCUT2D eigenvalue weighted by Gasteiger charge is -1.93. The molecule has 3 heteroatoms. The minimum absolute atomic E-state index is 0. The van der Waals surface area contributed by atoms with Crippen LogP contribution in [0.5, 0.6) is 0 Å². The highest BCUT2D eigenvalue weighted by Crippen LogP contribution is 1.91. The average molecular weight is 195 g/mol. The van der Waals surface area contributed by atoms with Crippen LogP contribution in [-0.4, -0.2) is 6.04 Å². The number of nitrogens with zero attached hydrogens (tertiary/aromatic N) is 2. The SMILES string of the molecule is CC1C=CN=c2ccccc2=N1.Cl. The molecule has 68 valence electrons. The van der Waals surface area contributed by atoms with Crippen LogP contribution in [0, 0.1) is 0 Å².